The molecule has 112 valence electrons. The van der Waals surface area contributed by atoms with Crippen LogP contribution in [0.3, 0.4) is 0 Å². The number of amides is 1. The molecule has 0 spiro atoms. The first kappa shape index (κ1) is 15.0. The number of carbonyl (C=O) groups excluding carboxylic acids is 1. The summed E-state index contributed by atoms with van der Waals surface area (Å²) in [5.74, 6) is -0.0635. The molecule has 0 aromatic carbocycles. The Bertz CT molecular complexity index is 375. The number of hydrogen-bond donors (Lipinski definition) is 1. The van der Waals surface area contributed by atoms with Crippen LogP contribution in [0.4, 0.5) is 0 Å². The molecular formula is C14H23N3O3. The van der Waals surface area contributed by atoms with Gasteiger partial charge in [0.2, 0.25) is 5.91 Å². The first-order chi connectivity index (χ1) is 9.84. The minimum absolute atomic E-state index is 0.0635. The van der Waals surface area contributed by atoms with Gasteiger partial charge in [-0.25, -0.2) is 4.98 Å². The average molecular weight is 281 g/mol. The van der Waals surface area contributed by atoms with Gasteiger partial charge in [-0.2, -0.15) is 0 Å². The first-order valence-corrected chi connectivity index (χ1v) is 7.26. The molecule has 2 heterocycles. The fraction of sp³-hybridized carbons (Fsp3) is 0.714. The van der Waals surface area contributed by atoms with Gasteiger partial charge in [-0.1, -0.05) is 0 Å². The second-order valence-electron chi connectivity index (χ2n) is 5.01. The molecule has 6 nitrogen and oxygen atoms in total. The van der Waals surface area contributed by atoms with Gasteiger partial charge in [-0.3, -0.25) is 4.79 Å². The van der Waals surface area contributed by atoms with Crippen molar-refractivity contribution >= 4 is 5.91 Å². The molecule has 1 fully saturated rings. The van der Waals surface area contributed by atoms with E-state index in [-0.39, 0.29) is 18.6 Å². The number of rotatable bonds is 8. The van der Waals surface area contributed by atoms with E-state index in [2.05, 4.69) is 10.3 Å². The van der Waals surface area contributed by atoms with E-state index in [4.69, 9.17) is 9.47 Å². The molecule has 1 amide bonds. The molecule has 1 aliphatic rings. The van der Waals surface area contributed by atoms with Crippen molar-refractivity contribution in [3.8, 4) is 0 Å². The van der Waals surface area contributed by atoms with Crippen molar-refractivity contribution in [1.82, 2.24) is 14.9 Å². The topological polar surface area (TPSA) is 65.4 Å². The molecule has 1 aliphatic heterocycles. The number of aromatic nitrogens is 2. The minimum atomic E-state index is -0.0635. The van der Waals surface area contributed by atoms with Gasteiger partial charge in [0.25, 0.3) is 0 Å². The van der Waals surface area contributed by atoms with Crippen LogP contribution in [0.1, 0.15) is 25.7 Å². The molecular weight excluding hydrogens is 258 g/mol. The molecule has 20 heavy (non-hydrogen) atoms. The van der Waals surface area contributed by atoms with Crippen LogP contribution >= 0.6 is 0 Å². The summed E-state index contributed by atoms with van der Waals surface area (Å²) in [5.41, 5.74) is 0. The Labute approximate surface area is 119 Å². The predicted molar refractivity (Wildman–Crippen MR) is 74.3 cm³/mol. The second kappa shape index (κ2) is 8.71. The molecule has 1 unspecified atom stereocenters. The molecule has 1 atom stereocenters. The standard InChI is InChI=1S/C14H23N3O3/c18-14(11-19-10-13-4-1-2-9-20-13)16-5-3-7-17-8-6-15-12-17/h6,8,12-13H,1-5,7,9-11H2,(H,16,18). The summed E-state index contributed by atoms with van der Waals surface area (Å²) in [6.07, 6.45) is 9.84. The SMILES string of the molecule is O=C(COCC1CCCCO1)NCCCn1ccnc1. The van der Waals surface area contributed by atoms with Crippen molar-refractivity contribution in [2.45, 2.75) is 38.3 Å². The van der Waals surface area contributed by atoms with Crippen LogP contribution in [0.25, 0.3) is 0 Å². The Morgan fingerprint density at radius 3 is 3.20 bits per heavy atom. The highest BCUT2D eigenvalue weighted by atomic mass is 16.5. The maximum Gasteiger partial charge on any atom is 0.246 e. The van der Waals surface area contributed by atoms with Crippen molar-refractivity contribution in [3.63, 3.8) is 0 Å². The zero-order valence-electron chi connectivity index (χ0n) is 11.8. The average Bonchev–Trinajstić information content (AvgIpc) is 2.98. The lowest BCUT2D eigenvalue weighted by molar-refractivity contribution is -0.127. The van der Waals surface area contributed by atoms with Crippen LogP contribution < -0.4 is 5.32 Å². The lowest BCUT2D eigenvalue weighted by atomic mass is 10.1. The van der Waals surface area contributed by atoms with Crippen LogP contribution in [-0.4, -0.2) is 47.9 Å². The molecule has 0 bridgehead atoms. The predicted octanol–water partition coefficient (Wildman–Crippen LogP) is 0.975. The number of nitrogens with zero attached hydrogens (tertiary/aromatic N) is 2. The lowest BCUT2D eigenvalue weighted by Crippen LogP contribution is -2.31. The Kier molecular flexibility index (Phi) is 6.53. The lowest BCUT2D eigenvalue weighted by Gasteiger charge is -2.22. The number of nitrogens with one attached hydrogen (secondary N) is 1. The molecule has 1 aromatic heterocycles. The molecule has 6 heteroatoms. The van der Waals surface area contributed by atoms with E-state index in [1.807, 2.05) is 10.8 Å². The summed E-state index contributed by atoms with van der Waals surface area (Å²) in [6.45, 7) is 2.96. The summed E-state index contributed by atoms with van der Waals surface area (Å²) in [5, 5.41) is 2.84. The maximum absolute atomic E-state index is 11.5. The largest absolute Gasteiger partial charge is 0.376 e. The van der Waals surface area contributed by atoms with Crippen molar-refractivity contribution < 1.29 is 14.3 Å². The fourth-order valence-electron chi connectivity index (χ4n) is 2.18. The van der Waals surface area contributed by atoms with Crippen molar-refractivity contribution in [2.75, 3.05) is 26.4 Å². The molecule has 1 N–H and O–H groups in total. The van der Waals surface area contributed by atoms with E-state index in [9.17, 15) is 4.79 Å². The maximum atomic E-state index is 11.5. The summed E-state index contributed by atoms with van der Waals surface area (Å²) in [7, 11) is 0. The van der Waals surface area contributed by atoms with E-state index in [1.54, 1.807) is 12.5 Å². The third kappa shape index (κ3) is 5.71. The van der Waals surface area contributed by atoms with Gasteiger partial charge in [0, 0.05) is 32.1 Å². The second-order valence-corrected chi connectivity index (χ2v) is 5.01. The summed E-state index contributed by atoms with van der Waals surface area (Å²) >= 11 is 0. The molecule has 0 radical (unpaired) electrons. The smallest absolute Gasteiger partial charge is 0.246 e. The van der Waals surface area contributed by atoms with Gasteiger partial charge in [0.15, 0.2) is 0 Å². The van der Waals surface area contributed by atoms with Gasteiger partial charge in [0.1, 0.15) is 6.61 Å². The van der Waals surface area contributed by atoms with Crippen molar-refractivity contribution in [1.29, 1.82) is 0 Å². The van der Waals surface area contributed by atoms with Crippen LogP contribution in [-0.2, 0) is 20.8 Å². The third-order valence-corrected chi connectivity index (χ3v) is 3.29. The van der Waals surface area contributed by atoms with Crippen LogP contribution in [0.2, 0.25) is 0 Å². The van der Waals surface area contributed by atoms with Gasteiger partial charge in [-0.15, -0.1) is 0 Å². The molecule has 2 rings (SSSR count). The Morgan fingerprint density at radius 1 is 1.50 bits per heavy atom. The van der Waals surface area contributed by atoms with Gasteiger partial charge >= 0.3 is 0 Å². The minimum Gasteiger partial charge on any atom is -0.376 e. The molecule has 0 saturated carbocycles. The number of ether oxygens (including phenoxy) is 2. The number of hydrogen-bond acceptors (Lipinski definition) is 4. The Hall–Kier alpha value is -1.40. The van der Waals surface area contributed by atoms with E-state index in [0.717, 1.165) is 32.4 Å². The quantitative estimate of drug-likeness (QED) is 0.721. The van der Waals surface area contributed by atoms with E-state index in [1.165, 1.54) is 6.42 Å². The van der Waals surface area contributed by atoms with Crippen molar-refractivity contribution in [3.05, 3.63) is 18.7 Å². The van der Waals surface area contributed by atoms with Crippen molar-refractivity contribution in [2.24, 2.45) is 0 Å². The highest BCUT2D eigenvalue weighted by Gasteiger charge is 2.14. The first-order valence-electron chi connectivity index (χ1n) is 7.26. The summed E-state index contributed by atoms with van der Waals surface area (Å²) < 4.78 is 12.9. The van der Waals surface area contributed by atoms with Gasteiger partial charge in [-0.05, 0) is 25.7 Å². The molecule has 1 saturated heterocycles. The van der Waals surface area contributed by atoms with Crippen LogP contribution in [0.5, 0.6) is 0 Å². The zero-order valence-corrected chi connectivity index (χ0v) is 11.8. The highest BCUT2D eigenvalue weighted by molar-refractivity contribution is 5.77. The summed E-state index contributed by atoms with van der Waals surface area (Å²) in [4.78, 5) is 15.5. The van der Waals surface area contributed by atoms with E-state index >= 15 is 0 Å². The monoisotopic (exact) mass is 281 g/mol. The normalized spacial score (nSPS) is 18.9. The summed E-state index contributed by atoms with van der Waals surface area (Å²) in [6, 6.07) is 0. The third-order valence-electron chi connectivity index (χ3n) is 3.29. The van der Waals surface area contributed by atoms with E-state index < -0.39 is 0 Å². The number of aryl methyl sites for hydroxylation is 1. The zero-order chi connectivity index (χ0) is 14.0. The van der Waals surface area contributed by atoms with E-state index in [0.29, 0.717) is 13.2 Å². The number of imidazole rings is 1. The number of carbonyl (C=O) groups is 1. The fourth-order valence-corrected chi connectivity index (χ4v) is 2.18. The molecule has 0 aliphatic carbocycles. The Balaban J connectivity index is 1.45. The van der Waals surface area contributed by atoms with Gasteiger partial charge in [0.05, 0.1) is 19.0 Å². The highest BCUT2D eigenvalue weighted by Crippen LogP contribution is 2.12. The Morgan fingerprint density at radius 2 is 2.45 bits per heavy atom. The molecule has 1 aromatic rings. The van der Waals surface area contributed by atoms with Gasteiger partial charge < -0.3 is 19.4 Å². The van der Waals surface area contributed by atoms with Crippen LogP contribution in [0.15, 0.2) is 18.7 Å². The van der Waals surface area contributed by atoms with Crippen LogP contribution in [0, 0.1) is 0 Å².